The SMILES string of the molecule is COc1ccc(OC)c(S(=O)(=O)Nc2cc3oc4ccccc4c3cc2OC)c1. The van der Waals surface area contributed by atoms with Crippen molar-refractivity contribution < 1.29 is 27.0 Å². The molecule has 4 rings (SSSR count). The second-order valence-electron chi connectivity index (χ2n) is 6.27. The zero-order valence-electron chi connectivity index (χ0n) is 16.1. The fraction of sp³-hybridized carbons (Fsp3) is 0.143. The van der Waals surface area contributed by atoms with Gasteiger partial charge >= 0.3 is 0 Å². The summed E-state index contributed by atoms with van der Waals surface area (Å²) in [6.07, 6.45) is 0. The lowest BCUT2D eigenvalue weighted by molar-refractivity contribution is 0.392. The Balaban J connectivity index is 1.83. The van der Waals surface area contributed by atoms with E-state index in [-0.39, 0.29) is 16.3 Å². The number of benzene rings is 3. The Kier molecular flexibility index (Phi) is 4.71. The van der Waals surface area contributed by atoms with Crippen molar-refractivity contribution in [3.63, 3.8) is 0 Å². The summed E-state index contributed by atoms with van der Waals surface area (Å²) < 4.78 is 50.4. The minimum absolute atomic E-state index is 0.0499. The van der Waals surface area contributed by atoms with E-state index in [1.807, 2.05) is 24.3 Å². The largest absolute Gasteiger partial charge is 0.497 e. The number of nitrogens with one attached hydrogen (secondary N) is 1. The van der Waals surface area contributed by atoms with E-state index in [0.29, 0.717) is 22.7 Å². The predicted octanol–water partition coefficient (Wildman–Crippen LogP) is 4.41. The maximum Gasteiger partial charge on any atom is 0.265 e. The Bertz CT molecular complexity index is 1310. The molecule has 0 aliphatic heterocycles. The molecule has 0 amide bonds. The van der Waals surface area contributed by atoms with Crippen molar-refractivity contribution in [2.24, 2.45) is 0 Å². The van der Waals surface area contributed by atoms with Gasteiger partial charge in [-0.05, 0) is 24.3 Å². The van der Waals surface area contributed by atoms with Gasteiger partial charge in [0.05, 0.1) is 27.0 Å². The number of furan rings is 1. The number of fused-ring (bicyclic) bond motifs is 3. The van der Waals surface area contributed by atoms with Crippen LogP contribution in [0.4, 0.5) is 5.69 Å². The zero-order valence-corrected chi connectivity index (χ0v) is 16.9. The number of rotatable bonds is 6. The number of methoxy groups -OCH3 is 3. The van der Waals surface area contributed by atoms with Gasteiger partial charge in [-0.3, -0.25) is 4.72 Å². The quantitative estimate of drug-likeness (QED) is 0.504. The molecule has 0 bridgehead atoms. The van der Waals surface area contributed by atoms with E-state index in [1.54, 1.807) is 18.2 Å². The van der Waals surface area contributed by atoms with Gasteiger partial charge in [0.15, 0.2) is 0 Å². The molecule has 8 heteroatoms. The molecule has 0 spiro atoms. The molecule has 7 nitrogen and oxygen atoms in total. The van der Waals surface area contributed by atoms with Crippen LogP contribution in [0.2, 0.25) is 0 Å². The maximum absolute atomic E-state index is 13.1. The van der Waals surface area contributed by atoms with Crippen LogP contribution >= 0.6 is 0 Å². The molecule has 0 saturated heterocycles. The summed E-state index contributed by atoms with van der Waals surface area (Å²) >= 11 is 0. The second kappa shape index (κ2) is 7.21. The molecule has 0 radical (unpaired) electrons. The van der Waals surface area contributed by atoms with Crippen LogP contribution in [0.1, 0.15) is 0 Å². The van der Waals surface area contributed by atoms with Crippen molar-refractivity contribution in [2.45, 2.75) is 4.90 Å². The van der Waals surface area contributed by atoms with Gasteiger partial charge in [0.2, 0.25) is 0 Å². The molecule has 0 unspecified atom stereocenters. The van der Waals surface area contributed by atoms with Gasteiger partial charge in [-0.2, -0.15) is 0 Å². The predicted molar refractivity (Wildman–Crippen MR) is 111 cm³/mol. The fourth-order valence-corrected chi connectivity index (χ4v) is 4.44. The molecule has 0 atom stereocenters. The van der Waals surface area contributed by atoms with Gasteiger partial charge in [-0.15, -0.1) is 0 Å². The Hall–Kier alpha value is -3.39. The van der Waals surface area contributed by atoms with Gasteiger partial charge in [-0.1, -0.05) is 18.2 Å². The summed E-state index contributed by atoms with van der Waals surface area (Å²) in [5.41, 5.74) is 1.50. The number of para-hydroxylation sites is 1. The molecule has 0 saturated carbocycles. The molecule has 29 heavy (non-hydrogen) atoms. The third kappa shape index (κ3) is 3.31. The molecule has 3 aromatic carbocycles. The first-order chi connectivity index (χ1) is 14.0. The number of hydrogen-bond acceptors (Lipinski definition) is 6. The van der Waals surface area contributed by atoms with Crippen molar-refractivity contribution in [1.82, 2.24) is 0 Å². The molecular weight excluding hydrogens is 394 g/mol. The number of sulfonamides is 1. The average Bonchev–Trinajstić information content (AvgIpc) is 3.09. The minimum atomic E-state index is -4.00. The zero-order chi connectivity index (χ0) is 20.6. The molecule has 1 aromatic heterocycles. The minimum Gasteiger partial charge on any atom is -0.497 e. The number of ether oxygens (including phenoxy) is 3. The van der Waals surface area contributed by atoms with Gasteiger partial charge < -0.3 is 18.6 Å². The van der Waals surface area contributed by atoms with E-state index in [0.717, 1.165) is 10.8 Å². The summed E-state index contributed by atoms with van der Waals surface area (Å²) in [5.74, 6) is 0.961. The van der Waals surface area contributed by atoms with E-state index in [2.05, 4.69) is 4.72 Å². The van der Waals surface area contributed by atoms with Gasteiger partial charge in [-0.25, -0.2) is 8.42 Å². The Labute approximate surface area is 167 Å². The first-order valence-electron chi connectivity index (χ1n) is 8.71. The highest BCUT2D eigenvalue weighted by Crippen LogP contribution is 2.38. The van der Waals surface area contributed by atoms with Crippen molar-refractivity contribution >= 4 is 37.6 Å². The highest BCUT2D eigenvalue weighted by Gasteiger charge is 2.23. The van der Waals surface area contributed by atoms with Crippen molar-refractivity contribution in [2.75, 3.05) is 26.1 Å². The third-order valence-corrected chi connectivity index (χ3v) is 5.99. The summed E-state index contributed by atoms with van der Waals surface area (Å²) in [5, 5.41) is 1.75. The standard InChI is InChI=1S/C21H19NO6S/c1-25-13-8-9-18(26-2)21(10-13)29(23,24)22-16-12-19-15(11-20(16)27-3)14-6-4-5-7-17(14)28-19/h4-12,22H,1-3H3. The second-order valence-corrected chi connectivity index (χ2v) is 7.92. The van der Waals surface area contributed by atoms with E-state index in [9.17, 15) is 8.42 Å². The Morgan fingerprint density at radius 3 is 2.28 bits per heavy atom. The maximum atomic E-state index is 13.1. The highest BCUT2D eigenvalue weighted by molar-refractivity contribution is 7.92. The molecule has 0 fully saturated rings. The Morgan fingerprint density at radius 2 is 1.55 bits per heavy atom. The van der Waals surface area contributed by atoms with Crippen molar-refractivity contribution in [1.29, 1.82) is 0 Å². The van der Waals surface area contributed by atoms with Crippen LogP contribution in [0, 0.1) is 0 Å². The lowest BCUT2D eigenvalue weighted by Gasteiger charge is -2.14. The first kappa shape index (κ1) is 18.9. The highest BCUT2D eigenvalue weighted by atomic mass is 32.2. The van der Waals surface area contributed by atoms with E-state index >= 15 is 0 Å². The van der Waals surface area contributed by atoms with Gasteiger partial charge in [0.1, 0.15) is 33.3 Å². The summed E-state index contributed by atoms with van der Waals surface area (Å²) in [6.45, 7) is 0. The van der Waals surface area contributed by atoms with Crippen molar-refractivity contribution in [3.05, 3.63) is 54.6 Å². The summed E-state index contributed by atoms with van der Waals surface area (Å²) in [7, 11) is 0.350. The fourth-order valence-electron chi connectivity index (χ4n) is 3.19. The average molecular weight is 413 g/mol. The van der Waals surface area contributed by atoms with Crippen LogP contribution in [0.3, 0.4) is 0 Å². The van der Waals surface area contributed by atoms with Crippen LogP contribution in [0.5, 0.6) is 17.2 Å². The first-order valence-corrected chi connectivity index (χ1v) is 10.2. The molecule has 1 heterocycles. The third-order valence-electron chi connectivity index (χ3n) is 4.60. The van der Waals surface area contributed by atoms with E-state index in [4.69, 9.17) is 18.6 Å². The van der Waals surface area contributed by atoms with Crippen LogP contribution in [-0.4, -0.2) is 29.7 Å². The molecule has 1 N–H and O–H groups in total. The molecule has 4 aromatic rings. The number of anilines is 1. The summed E-state index contributed by atoms with van der Waals surface area (Å²) in [4.78, 5) is -0.0499. The normalized spacial score (nSPS) is 11.6. The topological polar surface area (TPSA) is 87.0 Å². The van der Waals surface area contributed by atoms with E-state index < -0.39 is 10.0 Å². The lowest BCUT2D eigenvalue weighted by Crippen LogP contribution is -2.15. The van der Waals surface area contributed by atoms with Crippen LogP contribution in [0.25, 0.3) is 21.9 Å². The molecule has 150 valence electrons. The van der Waals surface area contributed by atoms with Gasteiger partial charge in [0.25, 0.3) is 10.0 Å². The van der Waals surface area contributed by atoms with Gasteiger partial charge in [0, 0.05) is 22.9 Å². The smallest absolute Gasteiger partial charge is 0.265 e. The number of hydrogen-bond donors (Lipinski definition) is 1. The summed E-state index contributed by atoms with van der Waals surface area (Å²) in [6, 6.07) is 15.5. The Morgan fingerprint density at radius 1 is 0.793 bits per heavy atom. The molecular formula is C21H19NO6S. The van der Waals surface area contributed by atoms with Crippen LogP contribution in [0.15, 0.2) is 63.9 Å². The molecule has 0 aliphatic rings. The van der Waals surface area contributed by atoms with Crippen molar-refractivity contribution in [3.8, 4) is 17.2 Å². The molecule has 0 aliphatic carbocycles. The van der Waals surface area contributed by atoms with Crippen LogP contribution < -0.4 is 18.9 Å². The van der Waals surface area contributed by atoms with Crippen LogP contribution in [-0.2, 0) is 10.0 Å². The van der Waals surface area contributed by atoms with E-state index in [1.165, 1.54) is 33.5 Å². The lowest BCUT2D eigenvalue weighted by atomic mass is 10.1. The monoisotopic (exact) mass is 413 g/mol.